The van der Waals surface area contributed by atoms with Crippen LogP contribution < -0.4 is 0 Å². The maximum absolute atomic E-state index is 6.11. The van der Waals surface area contributed by atoms with Crippen molar-refractivity contribution >= 4 is 11.3 Å². The molecule has 2 fully saturated rings. The number of rotatable bonds is 5. The minimum atomic E-state index is 0.168. The normalized spacial score (nSPS) is 27.9. The molecule has 0 aromatic carbocycles. The molecule has 1 saturated heterocycles. The lowest BCUT2D eigenvalue weighted by Crippen LogP contribution is -2.51. The smallest absolute Gasteiger partial charge is 0.107 e. The van der Waals surface area contributed by atoms with Crippen LogP contribution in [0.5, 0.6) is 0 Å². The Balaban J connectivity index is 1.37. The van der Waals surface area contributed by atoms with Crippen LogP contribution in [-0.2, 0) is 22.6 Å². The molecule has 0 spiro atoms. The second-order valence-corrected chi connectivity index (χ2v) is 7.03. The van der Waals surface area contributed by atoms with Gasteiger partial charge in [-0.05, 0) is 25.0 Å². The van der Waals surface area contributed by atoms with Gasteiger partial charge in [-0.25, -0.2) is 4.98 Å². The first kappa shape index (κ1) is 15.2. The highest BCUT2D eigenvalue weighted by Crippen LogP contribution is 2.33. The summed E-state index contributed by atoms with van der Waals surface area (Å²) >= 11 is 1.73. The van der Waals surface area contributed by atoms with Crippen LogP contribution in [0.4, 0.5) is 0 Å². The Morgan fingerprint density at radius 2 is 2.26 bits per heavy atom. The molecule has 0 bridgehead atoms. The van der Waals surface area contributed by atoms with Gasteiger partial charge in [0.05, 0.1) is 37.7 Å². The summed E-state index contributed by atoms with van der Waals surface area (Å²) in [6.45, 7) is 3.24. The van der Waals surface area contributed by atoms with Gasteiger partial charge in [0, 0.05) is 30.4 Å². The van der Waals surface area contributed by atoms with Gasteiger partial charge in [-0.3, -0.25) is 9.88 Å². The van der Waals surface area contributed by atoms with Crippen molar-refractivity contribution in [1.29, 1.82) is 0 Å². The Bertz CT molecular complexity index is 608. The molecule has 4 rings (SSSR count). The minimum Gasteiger partial charge on any atom is -0.373 e. The Kier molecular flexibility index (Phi) is 4.66. The van der Waals surface area contributed by atoms with Crippen LogP contribution in [0, 0.1) is 0 Å². The molecule has 2 aliphatic rings. The molecule has 122 valence electrons. The van der Waals surface area contributed by atoms with Gasteiger partial charge in [-0.1, -0.05) is 6.07 Å². The maximum atomic E-state index is 6.11. The van der Waals surface area contributed by atoms with Crippen molar-refractivity contribution in [2.75, 3.05) is 13.2 Å². The fraction of sp³-hybridized carbons (Fsp3) is 0.529. The van der Waals surface area contributed by atoms with Crippen LogP contribution in [0.1, 0.15) is 23.5 Å². The average molecular weight is 331 g/mol. The van der Waals surface area contributed by atoms with Crippen molar-refractivity contribution in [3.8, 4) is 0 Å². The average Bonchev–Trinajstić information content (AvgIpc) is 3.24. The third-order valence-electron chi connectivity index (χ3n) is 4.64. The van der Waals surface area contributed by atoms with E-state index in [9.17, 15) is 0 Å². The van der Waals surface area contributed by atoms with Crippen molar-refractivity contribution in [2.24, 2.45) is 0 Å². The van der Waals surface area contributed by atoms with Crippen molar-refractivity contribution in [1.82, 2.24) is 14.9 Å². The highest BCUT2D eigenvalue weighted by Gasteiger charge is 2.43. The lowest BCUT2D eigenvalue weighted by Gasteiger charge is -2.38. The van der Waals surface area contributed by atoms with Crippen LogP contribution >= 0.6 is 11.3 Å². The van der Waals surface area contributed by atoms with Gasteiger partial charge >= 0.3 is 0 Å². The molecule has 1 aliphatic heterocycles. The number of pyridine rings is 1. The molecule has 1 aliphatic carbocycles. The quantitative estimate of drug-likeness (QED) is 0.842. The minimum absolute atomic E-state index is 0.168. The van der Waals surface area contributed by atoms with Gasteiger partial charge in [0.2, 0.25) is 0 Å². The van der Waals surface area contributed by atoms with Gasteiger partial charge in [-0.2, -0.15) is 0 Å². The first-order valence-electron chi connectivity index (χ1n) is 8.16. The van der Waals surface area contributed by atoms with E-state index in [4.69, 9.17) is 9.47 Å². The molecule has 0 unspecified atom stereocenters. The molecule has 3 heterocycles. The zero-order valence-corrected chi connectivity index (χ0v) is 13.8. The van der Waals surface area contributed by atoms with Gasteiger partial charge in [0.1, 0.15) is 5.01 Å². The Morgan fingerprint density at radius 1 is 1.26 bits per heavy atom. The van der Waals surface area contributed by atoms with Crippen LogP contribution in [0.25, 0.3) is 0 Å². The summed E-state index contributed by atoms with van der Waals surface area (Å²) in [5, 5.41) is 3.23. The van der Waals surface area contributed by atoms with Crippen molar-refractivity contribution < 1.29 is 9.47 Å². The van der Waals surface area contributed by atoms with E-state index in [1.807, 2.05) is 36.0 Å². The number of ether oxygens (including phenoxy) is 2. The van der Waals surface area contributed by atoms with Crippen molar-refractivity contribution in [2.45, 2.75) is 44.2 Å². The second kappa shape index (κ2) is 7.05. The fourth-order valence-corrected chi connectivity index (χ4v) is 4.19. The third-order valence-corrected chi connectivity index (χ3v) is 5.41. The largest absolute Gasteiger partial charge is 0.373 e. The predicted molar refractivity (Wildman–Crippen MR) is 88.1 cm³/mol. The highest BCUT2D eigenvalue weighted by atomic mass is 32.1. The van der Waals surface area contributed by atoms with E-state index in [0.717, 1.165) is 38.2 Å². The van der Waals surface area contributed by atoms with E-state index in [1.165, 1.54) is 5.01 Å². The van der Waals surface area contributed by atoms with Gasteiger partial charge in [-0.15, -0.1) is 11.3 Å². The number of nitrogens with zero attached hydrogens (tertiary/aromatic N) is 3. The number of thiazole rings is 1. The summed E-state index contributed by atoms with van der Waals surface area (Å²) in [5.74, 6) is 0. The molecule has 2 aromatic rings. The van der Waals surface area contributed by atoms with Crippen molar-refractivity contribution in [3.05, 3.63) is 46.7 Å². The molecule has 0 N–H and O–H groups in total. The Labute approximate surface area is 140 Å². The van der Waals surface area contributed by atoms with E-state index >= 15 is 0 Å². The molecular weight excluding hydrogens is 310 g/mol. The van der Waals surface area contributed by atoms with E-state index in [0.29, 0.717) is 12.6 Å². The number of fused-ring (bicyclic) bond motifs is 1. The topological polar surface area (TPSA) is 47.5 Å². The molecular formula is C17H21N3O2S. The van der Waals surface area contributed by atoms with E-state index in [2.05, 4.69) is 14.9 Å². The summed E-state index contributed by atoms with van der Waals surface area (Å²) in [6.07, 6.45) is 6.21. The van der Waals surface area contributed by atoms with Gasteiger partial charge in [0.15, 0.2) is 0 Å². The van der Waals surface area contributed by atoms with Crippen molar-refractivity contribution in [3.63, 3.8) is 0 Å². The first-order valence-corrected chi connectivity index (χ1v) is 9.03. The molecule has 1 saturated carbocycles. The van der Waals surface area contributed by atoms with E-state index in [-0.39, 0.29) is 12.2 Å². The SMILES string of the molecule is c1ccc(CO[C@H]2CC[C@H]3[C@H]2OCCN3Cc2nccs2)nc1. The Hall–Kier alpha value is -1.34. The van der Waals surface area contributed by atoms with Crippen LogP contribution in [0.15, 0.2) is 36.0 Å². The standard InChI is InChI=1S/C17H21N3O2S/c1-2-6-18-13(3-1)12-22-15-5-4-14-17(15)21-9-8-20(14)11-16-19-7-10-23-16/h1-3,6-7,10,14-15,17H,4-5,8-9,11-12H2/t14-,15-,17+/m0/s1. The summed E-state index contributed by atoms with van der Waals surface area (Å²) in [6, 6.07) is 6.37. The lowest BCUT2D eigenvalue weighted by molar-refractivity contribution is -0.119. The highest BCUT2D eigenvalue weighted by molar-refractivity contribution is 7.09. The van der Waals surface area contributed by atoms with Crippen LogP contribution in [-0.4, -0.2) is 46.3 Å². The molecule has 0 amide bonds. The monoisotopic (exact) mass is 331 g/mol. The van der Waals surface area contributed by atoms with E-state index in [1.54, 1.807) is 11.3 Å². The molecule has 0 radical (unpaired) electrons. The number of hydrogen-bond acceptors (Lipinski definition) is 6. The fourth-order valence-electron chi connectivity index (χ4n) is 3.55. The predicted octanol–water partition coefficient (Wildman–Crippen LogP) is 2.49. The molecule has 6 heteroatoms. The summed E-state index contributed by atoms with van der Waals surface area (Å²) < 4.78 is 12.2. The first-order chi connectivity index (χ1) is 11.4. The van der Waals surface area contributed by atoms with Gasteiger partial charge < -0.3 is 9.47 Å². The Morgan fingerprint density at radius 3 is 3.09 bits per heavy atom. The summed E-state index contributed by atoms with van der Waals surface area (Å²) in [7, 11) is 0. The summed E-state index contributed by atoms with van der Waals surface area (Å²) in [4.78, 5) is 11.3. The lowest BCUT2D eigenvalue weighted by atomic mass is 10.1. The second-order valence-electron chi connectivity index (χ2n) is 6.05. The third kappa shape index (κ3) is 3.45. The number of hydrogen-bond donors (Lipinski definition) is 0. The van der Waals surface area contributed by atoms with Gasteiger partial charge in [0.25, 0.3) is 0 Å². The van der Waals surface area contributed by atoms with E-state index < -0.39 is 0 Å². The molecule has 3 atom stereocenters. The molecule has 23 heavy (non-hydrogen) atoms. The van der Waals surface area contributed by atoms with Crippen LogP contribution in [0.2, 0.25) is 0 Å². The molecule has 5 nitrogen and oxygen atoms in total. The zero-order valence-electron chi connectivity index (χ0n) is 13.0. The molecule has 2 aromatic heterocycles. The van der Waals surface area contributed by atoms with Crippen LogP contribution in [0.3, 0.4) is 0 Å². The number of aromatic nitrogens is 2. The maximum Gasteiger partial charge on any atom is 0.107 e. The number of morpholine rings is 1. The summed E-state index contributed by atoms with van der Waals surface area (Å²) in [5.41, 5.74) is 0.978. The zero-order chi connectivity index (χ0) is 15.5.